The predicted octanol–water partition coefficient (Wildman–Crippen LogP) is 4.45. The maximum absolute atomic E-state index is 13.2. The molecular formula is C23H23FN4O. The standard InChI is InChI=1S/C23H23FN4O/c1-16-4-2-6-20(14-16)26-23(29)18-5-3-13-28(15-18)21-11-12-25-22(27-21)17-7-9-19(24)10-8-17/h2,4,6-12,14,18H,3,5,13,15H2,1H3,(H,26,29). The number of hydrogen-bond acceptors (Lipinski definition) is 4. The van der Waals surface area contributed by atoms with Gasteiger partial charge in [-0.25, -0.2) is 14.4 Å². The van der Waals surface area contributed by atoms with Crippen molar-refractivity contribution in [2.45, 2.75) is 19.8 Å². The maximum Gasteiger partial charge on any atom is 0.229 e. The second kappa shape index (κ2) is 8.39. The van der Waals surface area contributed by atoms with E-state index in [-0.39, 0.29) is 17.6 Å². The number of hydrogen-bond donors (Lipinski definition) is 1. The van der Waals surface area contributed by atoms with Crippen LogP contribution in [0.5, 0.6) is 0 Å². The zero-order valence-electron chi connectivity index (χ0n) is 16.3. The van der Waals surface area contributed by atoms with Gasteiger partial charge in [0.2, 0.25) is 5.91 Å². The summed E-state index contributed by atoms with van der Waals surface area (Å²) in [6, 6.07) is 15.8. The fraction of sp³-hybridized carbons (Fsp3) is 0.261. The molecule has 1 aromatic heterocycles. The lowest BCUT2D eigenvalue weighted by Crippen LogP contribution is -2.41. The van der Waals surface area contributed by atoms with Crippen molar-refractivity contribution < 1.29 is 9.18 Å². The third kappa shape index (κ3) is 4.59. The third-order valence-electron chi connectivity index (χ3n) is 5.15. The van der Waals surface area contributed by atoms with Crippen molar-refractivity contribution in [2.75, 3.05) is 23.3 Å². The van der Waals surface area contributed by atoms with Crippen LogP contribution in [0, 0.1) is 18.7 Å². The average molecular weight is 390 g/mol. The first-order valence-corrected chi connectivity index (χ1v) is 9.80. The zero-order chi connectivity index (χ0) is 20.2. The quantitative estimate of drug-likeness (QED) is 0.715. The van der Waals surface area contributed by atoms with Gasteiger partial charge in [-0.2, -0.15) is 0 Å². The van der Waals surface area contributed by atoms with E-state index < -0.39 is 0 Å². The fourth-order valence-corrected chi connectivity index (χ4v) is 3.63. The van der Waals surface area contributed by atoms with Crippen LogP contribution in [-0.4, -0.2) is 29.0 Å². The van der Waals surface area contributed by atoms with Crippen LogP contribution in [0.15, 0.2) is 60.8 Å². The number of benzene rings is 2. The van der Waals surface area contributed by atoms with Gasteiger partial charge in [-0.05, 0) is 67.8 Å². The minimum Gasteiger partial charge on any atom is -0.356 e. The summed E-state index contributed by atoms with van der Waals surface area (Å²) >= 11 is 0. The molecule has 1 aliphatic heterocycles. The molecule has 2 heterocycles. The highest BCUT2D eigenvalue weighted by molar-refractivity contribution is 5.93. The van der Waals surface area contributed by atoms with Crippen LogP contribution in [0.2, 0.25) is 0 Å². The Labute approximate surface area is 169 Å². The van der Waals surface area contributed by atoms with Gasteiger partial charge in [0.1, 0.15) is 11.6 Å². The van der Waals surface area contributed by atoms with Crippen LogP contribution in [0.1, 0.15) is 18.4 Å². The summed E-state index contributed by atoms with van der Waals surface area (Å²) in [6.45, 7) is 3.46. The average Bonchev–Trinajstić information content (AvgIpc) is 2.74. The van der Waals surface area contributed by atoms with E-state index in [2.05, 4.69) is 20.2 Å². The minimum absolute atomic E-state index is 0.0353. The van der Waals surface area contributed by atoms with Crippen molar-refractivity contribution in [3.05, 3.63) is 72.2 Å². The van der Waals surface area contributed by atoms with Crippen molar-refractivity contribution in [1.82, 2.24) is 9.97 Å². The molecule has 4 rings (SSSR count). The van der Waals surface area contributed by atoms with E-state index in [4.69, 9.17) is 0 Å². The van der Waals surface area contributed by atoms with Crippen molar-refractivity contribution >= 4 is 17.4 Å². The number of halogens is 1. The summed E-state index contributed by atoms with van der Waals surface area (Å²) in [7, 11) is 0. The van der Waals surface area contributed by atoms with Gasteiger partial charge in [0.25, 0.3) is 0 Å². The van der Waals surface area contributed by atoms with E-state index in [1.807, 2.05) is 37.3 Å². The highest BCUT2D eigenvalue weighted by Crippen LogP contribution is 2.25. The Morgan fingerprint density at radius 1 is 1.17 bits per heavy atom. The van der Waals surface area contributed by atoms with E-state index >= 15 is 0 Å². The molecule has 5 nitrogen and oxygen atoms in total. The Kier molecular flexibility index (Phi) is 5.51. The lowest BCUT2D eigenvalue weighted by atomic mass is 9.97. The molecule has 29 heavy (non-hydrogen) atoms. The third-order valence-corrected chi connectivity index (χ3v) is 5.15. The number of anilines is 2. The van der Waals surface area contributed by atoms with E-state index in [9.17, 15) is 9.18 Å². The van der Waals surface area contributed by atoms with Crippen LogP contribution in [0.3, 0.4) is 0 Å². The molecule has 1 unspecified atom stereocenters. The zero-order valence-corrected chi connectivity index (χ0v) is 16.3. The van der Waals surface area contributed by atoms with Gasteiger partial charge in [0.15, 0.2) is 5.82 Å². The summed E-state index contributed by atoms with van der Waals surface area (Å²) in [4.78, 5) is 23.9. The molecule has 6 heteroatoms. The monoisotopic (exact) mass is 390 g/mol. The Balaban J connectivity index is 1.47. The van der Waals surface area contributed by atoms with Crippen LogP contribution in [0.25, 0.3) is 11.4 Å². The molecule has 0 saturated carbocycles. The van der Waals surface area contributed by atoms with E-state index in [1.165, 1.54) is 12.1 Å². The van der Waals surface area contributed by atoms with Crippen molar-refractivity contribution in [3.63, 3.8) is 0 Å². The number of nitrogens with one attached hydrogen (secondary N) is 1. The highest BCUT2D eigenvalue weighted by Gasteiger charge is 2.27. The fourth-order valence-electron chi connectivity index (χ4n) is 3.63. The first-order chi connectivity index (χ1) is 14.1. The molecule has 0 aliphatic carbocycles. The van der Waals surface area contributed by atoms with Gasteiger partial charge in [0.05, 0.1) is 5.92 Å². The summed E-state index contributed by atoms with van der Waals surface area (Å²) in [5.41, 5.74) is 2.70. The maximum atomic E-state index is 13.2. The van der Waals surface area contributed by atoms with Gasteiger partial charge in [0, 0.05) is 30.5 Å². The second-order valence-corrected chi connectivity index (χ2v) is 7.39. The topological polar surface area (TPSA) is 58.1 Å². The molecule has 1 fully saturated rings. The van der Waals surface area contributed by atoms with Gasteiger partial charge in [-0.1, -0.05) is 12.1 Å². The minimum atomic E-state index is -0.289. The number of piperidine rings is 1. The number of nitrogens with zero attached hydrogens (tertiary/aromatic N) is 3. The summed E-state index contributed by atoms with van der Waals surface area (Å²) < 4.78 is 13.2. The molecular weight excluding hydrogens is 367 g/mol. The number of aromatic nitrogens is 2. The summed E-state index contributed by atoms with van der Waals surface area (Å²) in [6.07, 6.45) is 3.48. The first-order valence-electron chi connectivity index (χ1n) is 9.80. The Morgan fingerprint density at radius 3 is 2.79 bits per heavy atom. The van der Waals surface area contributed by atoms with Crippen LogP contribution < -0.4 is 10.2 Å². The largest absolute Gasteiger partial charge is 0.356 e. The molecule has 0 bridgehead atoms. The molecule has 3 aromatic rings. The number of carbonyl (C=O) groups excluding carboxylic acids is 1. The van der Waals surface area contributed by atoms with Gasteiger partial charge >= 0.3 is 0 Å². The van der Waals surface area contributed by atoms with Crippen molar-refractivity contribution in [3.8, 4) is 11.4 Å². The number of aryl methyl sites for hydroxylation is 1. The SMILES string of the molecule is Cc1cccc(NC(=O)C2CCCN(c3ccnc(-c4ccc(F)cc4)n3)C2)c1. The molecule has 0 spiro atoms. The summed E-state index contributed by atoms with van der Waals surface area (Å²) in [5.74, 6) is 0.978. The molecule has 0 radical (unpaired) electrons. The molecule has 1 saturated heterocycles. The first kappa shape index (κ1) is 19.1. The number of carbonyl (C=O) groups is 1. The van der Waals surface area contributed by atoms with Crippen LogP contribution in [-0.2, 0) is 4.79 Å². The van der Waals surface area contributed by atoms with Crippen molar-refractivity contribution in [1.29, 1.82) is 0 Å². The van der Waals surface area contributed by atoms with Crippen LogP contribution >= 0.6 is 0 Å². The smallest absolute Gasteiger partial charge is 0.229 e. The Morgan fingerprint density at radius 2 is 2.00 bits per heavy atom. The normalized spacial score (nSPS) is 16.5. The molecule has 1 atom stereocenters. The lowest BCUT2D eigenvalue weighted by Gasteiger charge is -2.33. The van der Waals surface area contributed by atoms with Gasteiger partial charge in [-0.15, -0.1) is 0 Å². The molecule has 148 valence electrons. The Bertz CT molecular complexity index is 1010. The van der Waals surface area contributed by atoms with Crippen molar-refractivity contribution in [2.24, 2.45) is 5.92 Å². The van der Waals surface area contributed by atoms with E-state index in [0.29, 0.717) is 12.4 Å². The van der Waals surface area contributed by atoms with Gasteiger partial charge in [-0.3, -0.25) is 4.79 Å². The lowest BCUT2D eigenvalue weighted by molar-refractivity contribution is -0.120. The predicted molar refractivity (Wildman–Crippen MR) is 112 cm³/mol. The van der Waals surface area contributed by atoms with Gasteiger partial charge < -0.3 is 10.2 Å². The van der Waals surface area contributed by atoms with E-state index in [0.717, 1.165) is 42.0 Å². The second-order valence-electron chi connectivity index (χ2n) is 7.39. The summed E-state index contributed by atoms with van der Waals surface area (Å²) in [5, 5.41) is 3.03. The van der Waals surface area contributed by atoms with Crippen LogP contribution in [0.4, 0.5) is 15.9 Å². The van der Waals surface area contributed by atoms with E-state index in [1.54, 1.807) is 18.3 Å². The molecule has 1 amide bonds. The molecule has 1 N–H and O–H groups in total. The Hall–Kier alpha value is -3.28. The number of amides is 1. The highest BCUT2D eigenvalue weighted by atomic mass is 19.1. The molecule has 1 aliphatic rings. The molecule has 2 aromatic carbocycles. The number of rotatable bonds is 4.